The van der Waals surface area contributed by atoms with Gasteiger partial charge in [0.1, 0.15) is 0 Å². The number of piperazine rings is 1. The first-order chi connectivity index (χ1) is 14.5. The molecule has 4 rings (SSSR count). The van der Waals surface area contributed by atoms with Gasteiger partial charge in [-0.25, -0.2) is 0 Å². The Labute approximate surface area is 188 Å². The third-order valence-electron chi connectivity index (χ3n) is 6.38. The van der Waals surface area contributed by atoms with Crippen LogP contribution in [0.3, 0.4) is 0 Å². The Morgan fingerprint density at radius 2 is 1.77 bits per heavy atom. The Morgan fingerprint density at radius 1 is 1.03 bits per heavy atom. The molecule has 2 heterocycles. The largest absolute Gasteiger partial charge is 0.374 e. The summed E-state index contributed by atoms with van der Waals surface area (Å²) in [5.41, 5.74) is 4.78. The molecule has 2 aromatic rings. The fourth-order valence-corrected chi connectivity index (χ4v) is 4.76. The number of rotatable bonds is 5. The van der Waals surface area contributed by atoms with Crippen LogP contribution in [0.25, 0.3) is 0 Å². The van der Waals surface area contributed by atoms with Gasteiger partial charge in [0, 0.05) is 62.0 Å². The predicted octanol–water partition coefficient (Wildman–Crippen LogP) is 3.55. The second-order valence-electron chi connectivity index (χ2n) is 8.49. The highest BCUT2D eigenvalue weighted by Crippen LogP contribution is 2.31. The van der Waals surface area contributed by atoms with E-state index in [1.807, 2.05) is 24.3 Å². The van der Waals surface area contributed by atoms with Gasteiger partial charge in [0.15, 0.2) is 0 Å². The summed E-state index contributed by atoms with van der Waals surface area (Å²) < 4.78 is 0.980. The van der Waals surface area contributed by atoms with Gasteiger partial charge in [-0.05, 0) is 61.3 Å². The summed E-state index contributed by atoms with van der Waals surface area (Å²) in [4.78, 5) is 20.0. The van der Waals surface area contributed by atoms with Crippen LogP contribution in [0.2, 0.25) is 0 Å². The Morgan fingerprint density at radius 3 is 2.50 bits per heavy atom. The topological polar surface area (TPSA) is 38.8 Å². The molecule has 0 aliphatic carbocycles. The molecule has 2 aliphatic rings. The summed E-state index contributed by atoms with van der Waals surface area (Å²) in [6, 6.07) is 14.6. The minimum absolute atomic E-state index is 0.0145. The van der Waals surface area contributed by atoms with Crippen molar-refractivity contribution in [1.29, 1.82) is 0 Å². The number of nitrogens with one attached hydrogen (secondary N) is 1. The third-order valence-corrected chi connectivity index (χ3v) is 6.91. The van der Waals surface area contributed by atoms with Gasteiger partial charge in [-0.1, -0.05) is 28.1 Å². The number of anilines is 1. The first-order valence-corrected chi connectivity index (χ1v) is 11.6. The van der Waals surface area contributed by atoms with E-state index in [0.29, 0.717) is 12.1 Å². The van der Waals surface area contributed by atoms with Gasteiger partial charge >= 0.3 is 0 Å². The van der Waals surface area contributed by atoms with Gasteiger partial charge in [0.2, 0.25) is 0 Å². The van der Waals surface area contributed by atoms with E-state index in [1.165, 1.54) is 23.2 Å². The number of likely N-dealkylation sites (N-methyl/N-ethyl adjacent to an activating group) is 1. The van der Waals surface area contributed by atoms with Crippen molar-refractivity contribution >= 4 is 27.5 Å². The van der Waals surface area contributed by atoms with Crippen LogP contribution >= 0.6 is 15.9 Å². The normalized spacial score (nSPS) is 18.7. The molecule has 1 amide bonds. The van der Waals surface area contributed by atoms with E-state index >= 15 is 0 Å². The second kappa shape index (κ2) is 9.50. The van der Waals surface area contributed by atoms with Gasteiger partial charge in [-0.3, -0.25) is 9.69 Å². The lowest BCUT2D eigenvalue weighted by molar-refractivity contribution is 0.0886. The fraction of sp³-hybridized carbons (Fsp3) is 0.458. The quantitative estimate of drug-likeness (QED) is 0.724. The fourth-order valence-electron chi connectivity index (χ4n) is 4.50. The number of hydrogen-bond acceptors (Lipinski definition) is 4. The van der Waals surface area contributed by atoms with Crippen LogP contribution in [0.5, 0.6) is 0 Å². The van der Waals surface area contributed by atoms with Crippen molar-refractivity contribution in [3.05, 3.63) is 63.6 Å². The first-order valence-electron chi connectivity index (χ1n) is 10.8. The summed E-state index contributed by atoms with van der Waals surface area (Å²) in [6.07, 6.45) is 2.33. The summed E-state index contributed by atoms with van der Waals surface area (Å²) in [5.74, 6) is -0.0145. The van der Waals surface area contributed by atoms with Crippen molar-refractivity contribution in [2.75, 3.05) is 58.3 Å². The highest BCUT2D eigenvalue weighted by atomic mass is 79.9. The van der Waals surface area contributed by atoms with Crippen molar-refractivity contribution < 1.29 is 4.79 Å². The molecule has 6 heteroatoms. The number of carbonyl (C=O) groups is 1. The zero-order valence-electron chi connectivity index (χ0n) is 17.9. The number of aryl methyl sites for hydroxylation is 1. The zero-order valence-corrected chi connectivity index (χ0v) is 19.5. The van der Waals surface area contributed by atoms with Crippen molar-refractivity contribution in [2.45, 2.75) is 18.9 Å². The monoisotopic (exact) mass is 470 g/mol. The Kier molecular flexibility index (Phi) is 6.76. The van der Waals surface area contributed by atoms with Gasteiger partial charge in [-0.15, -0.1) is 0 Å². The maximum absolute atomic E-state index is 12.7. The highest BCUT2D eigenvalue weighted by molar-refractivity contribution is 9.10. The summed E-state index contributed by atoms with van der Waals surface area (Å²) in [5, 5.41) is 3.19. The smallest absolute Gasteiger partial charge is 0.251 e. The van der Waals surface area contributed by atoms with Crippen LogP contribution in [-0.2, 0) is 6.42 Å². The van der Waals surface area contributed by atoms with Crippen LogP contribution in [0.1, 0.15) is 33.9 Å². The molecule has 5 nitrogen and oxygen atoms in total. The molecule has 0 radical (unpaired) electrons. The van der Waals surface area contributed by atoms with Crippen LogP contribution in [0.15, 0.2) is 46.9 Å². The van der Waals surface area contributed by atoms with Crippen molar-refractivity contribution in [2.24, 2.45) is 0 Å². The first kappa shape index (κ1) is 21.3. The minimum Gasteiger partial charge on any atom is -0.374 e. The molecule has 30 heavy (non-hydrogen) atoms. The SMILES string of the molecule is CN1CCN([C@@H](CNC(=O)c2ccc(Br)cc2)c2ccc3c(c2)CCCN3C)CC1. The summed E-state index contributed by atoms with van der Waals surface area (Å²) >= 11 is 3.43. The van der Waals surface area contributed by atoms with E-state index in [0.717, 1.165) is 43.6 Å². The van der Waals surface area contributed by atoms with Crippen molar-refractivity contribution in [3.8, 4) is 0 Å². The molecule has 1 fully saturated rings. The van der Waals surface area contributed by atoms with Crippen LogP contribution in [-0.4, -0.2) is 69.1 Å². The summed E-state index contributed by atoms with van der Waals surface area (Å²) in [6.45, 7) is 5.90. The molecule has 160 valence electrons. The number of nitrogens with zero attached hydrogens (tertiary/aromatic N) is 3. The molecule has 0 unspecified atom stereocenters. The number of benzene rings is 2. The number of carbonyl (C=O) groups excluding carboxylic acids is 1. The maximum Gasteiger partial charge on any atom is 0.251 e. The van der Waals surface area contributed by atoms with E-state index in [-0.39, 0.29) is 11.9 Å². The van der Waals surface area contributed by atoms with Gasteiger partial charge in [-0.2, -0.15) is 0 Å². The average molecular weight is 471 g/mol. The molecule has 2 aromatic carbocycles. The molecule has 0 aromatic heterocycles. The molecule has 0 saturated carbocycles. The third kappa shape index (κ3) is 4.88. The molecular formula is C24H31BrN4O. The number of amides is 1. The predicted molar refractivity (Wildman–Crippen MR) is 126 cm³/mol. The van der Waals surface area contributed by atoms with Crippen LogP contribution in [0.4, 0.5) is 5.69 Å². The second-order valence-corrected chi connectivity index (χ2v) is 9.40. The van der Waals surface area contributed by atoms with E-state index in [2.05, 4.69) is 68.2 Å². The Hall–Kier alpha value is -1.89. The van der Waals surface area contributed by atoms with Crippen LogP contribution in [0, 0.1) is 0 Å². The van der Waals surface area contributed by atoms with Crippen molar-refractivity contribution in [1.82, 2.24) is 15.1 Å². The number of hydrogen-bond donors (Lipinski definition) is 1. The molecule has 1 N–H and O–H groups in total. The average Bonchev–Trinajstić information content (AvgIpc) is 2.75. The lowest BCUT2D eigenvalue weighted by Gasteiger charge is -2.39. The van der Waals surface area contributed by atoms with Gasteiger partial charge in [0.25, 0.3) is 5.91 Å². The molecule has 0 spiro atoms. The lowest BCUT2D eigenvalue weighted by Crippen LogP contribution is -2.48. The minimum atomic E-state index is -0.0145. The van der Waals surface area contributed by atoms with E-state index < -0.39 is 0 Å². The Balaban J connectivity index is 1.54. The van der Waals surface area contributed by atoms with Gasteiger partial charge in [0.05, 0.1) is 6.04 Å². The molecular weight excluding hydrogens is 440 g/mol. The number of halogens is 1. The molecule has 1 saturated heterocycles. The standard InChI is InChI=1S/C24H31BrN4O/c1-27-12-14-29(15-13-27)23(17-26-24(30)18-5-8-21(25)9-6-18)20-7-10-22-19(16-20)4-3-11-28(22)2/h5-10,16,23H,3-4,11-15,17H2,1-2H3,(H,26,30)/t23-/m0/s1. The lowest BCUT2D eigenvalue weighted by atomic mass is 9.95. The molecule has 1 atom stereocenters. The molecule has 0 bridgehead atoms. The Bertz CT molecular complexity index is 877. The van der Waals surface area contributed by atoms with E-state index in [9.17, 15) is 4.79 Å². The number of fused-ring (bicyclic) bond motifs is 1. The maximum atomic E-state index is 12.7. The summed E-state index contributed by atoms with van der Waals surface area (Å²) in [7, 11) is 4.35. The van der Waals surface area contributed by atoms with Crippen LogP contribution < -0.4 is 10.2 Å². The zero-order chi connectivity index (χ0) is 21.1. The highest BCUT2D eigenvalue weighted by Gasteiger charge is 2.26. The molecule has 2 aliphatic heterocycles. The van der Waals surface area contributed by atoms with E-state index in [4.69, 9.17) is 0 Å². The van der Waals surface area contributed by atoms with Gasteiger partial charge < -0.3 is 15.1 Å². The van der Waals surface area contributed by atoms with E-state index in [1.54, 1.807) is 0 Å². The van der Waals surface area contributed by atoms with Crippen molar-refractivity contribution in [3.63, 3.8) is 0 Å².